The largest absolute Gasteiger partial charge is 0.300 e. The van der Waals surface area contributed by atoms with Gasteiger partial charge in [0.05, 0.1) is 0 Å². The van der Waals surface area contributed by atoms with E-state index in [-0.39, 0.29) is 0 Å². The van der Waals surface area contributed by atoms with Gasteiger partial charge in [-0.2, -0.15) is 0 Å². The minimum atomic E-state index is 0.466. The van der Waals surface area contributed by atoms with Gasteiger partial charge in [0.1, 0.15) is 5.78 Å². The first-order chi connectivity index (χ1) is 14.2. The van der Waals surface area contributed by atoms with Crippen molar-refractivity contribution in [3.05, 3.63) is 0 Å². The zero-order valence-corrected chi connectivity index (χ0v) is 21.0. The van der Waals surface area contributed by atoms with Crippen molar-refractivity contribution in [2.24, 2.45) is 58.2 Å². The smallest absolute Gasteiger partial charge is 0.133 e. The van der Waals surface area contributed by atoms with Gasteiger partial charge in [-0.1, -0.05) is 54.4 Å². The number of carbonyl (C=O) groups excluding carboxylic acids is 1. The minimum Gasteiger partial charge on any atom is -0.300 e. The molecular formula is C29H50O. The summed E-state index contributed by atoms with van der Waals surface area (Å²) in [4.78, 5) is 12.1. The van der Waals surface area contributed by atoms with E-state index in [1.165, 1.54) is 64.2 Å². The van der Waals surface area contributed by atoms with Gasteiger partial charge in [0, 0.05) is 12.8 Å². The molecule has 4 saturated carbocycles. The summed E-state index contributed by atoms with van der Waals surface area (Å²) in [6.07, 6.45) is 15.8. The molecule has 0 bridgehead atoms. The molecule has 1 nitrogen and oxygen atoms in total. The summed E-state index contributed by atoms with van der Waals surface area (Å²) in [5.74, 6) is 7.67. The van der Waals surface area contributed by atoms with Crippen LogP contribution in [-0.2, 0) is 4.79 Å². The Morgan fingerprint density at radius 2 is 1.63 bits per heavy atom. The third-order valence-corrected chi connectivity index (χ3v) is 11.7. The Balaban J connectivity index is 1.45. The average Bonchev–Trinajstić information content (AvgIpc) is 3.06. The zero-order valence-electron chi connectivity index (χ0n) is 21.0. The molecule has 3 unspecified atom stereocenters. The Bertz CT molecular complexity index is 622. The first-order valence-corrected chi connectivity index (χ1v) is 13.7. The highest BCUT2D eigenvalue weighted by molar-refractivity contribution is 5.79. The summed E-state index contributed by atoms with van der Waals surface area (Å²) in [5.41, 5.74) is 1.06. The second-order valence-electron chi connectivity index (χ2n) is 13.1. The molecule has 4 aliphatic carbocycles. The highest BCUT2D eigenvalue weighted by Crippen LogP contribution is 2.68. The molecule has 4 rings (SSSR count). The van der Waals surface area contributed by atoms with Crippen LogP contribution in [0, 0.1) is 58.2 Å². The van der Waals surface area contributed by atoms with Gasteiger partial charge in [-0.05, 0) is 110 Å². The van der Waals surface area contributed by atoms with E-state index in [4.69, 9.17) is 0 Å². The van der Waals surface area contributed by atoms with Crippen molar-refractivity contribution in [3.63, 3.8) is 0 Å². The molecule has 172 valence electrons. The van der Waals surface area contributed by atoms with E-state index in [2.05, 4.69) is 41.5 Å². The predicted octanol–water partition coefficient (Wildman–Crippen LogP) is 8.31. The van der Waals surface area contributed by atoms with Crippen molar-refractivity contribution in [2.45, 2.75) is 119 Å². The Morgan fingerprint density at radius 3 is 2.33 bits per heavy atom. The lowest BCUT2D eigenvalue weighted by Crippen LogP contribution is -2.53. The van der Waals surface area contributed by atoms with Crippen LogP contribution in [0.15, 0.2) is 0 Å². The number of carbonyl (C=O) groups is 1. The maximum atomic E-state index is 12.1. The quantitative estimate of drug-likeness (QED) is 0.427. The van der Waals surface area contributed by atoms with Gasteiger partial charge < -0.3 is 0 Å². The molecule has 9 atom stereocenters. The van der Waals surface area contributed by atoms with Crippen LogP contribution >= 0.6 is 0 Å². The molecule has 0 aliphatic heterocycles. The fourth-order valence-corrected chi connectivity index (χ4v) is 9.71. The molecule has 4 aliphatic rings. The monoisotopic (exact) mass is 414 g/mol. The fraction of sp³-hybridized carbons (Fsp3) is 0.966. The van der Waals surface area contributed by atoms with E-state index in [0.717, 1.165) is 54.3 Å². The maximum Gasteiger partial charge on any atom is 0.133 e. The van der Waals surface area contributed by atoms with Crippen LogP contribution in [0.3, 0.4) is 0 Å². The van der Waals surface area contributed by atoms with E-state index in [0.29, 0.717) is 22.5 Å². The maximum absolute atomic E-state index is 12.1. The van der Waals surface area contributed by atoms with E-state index in [9.17, 15) is 4.79 Å². The third-order valence-electron chi connectivity index (χ3n) is 11.7. The number of rotatable bonds is 6. The molecule has 1 heteroatoms. The summed E-state index contributed by atoms with van der Waals surface area (Å²) >= 11 is 0. The van der Waals surface area contributed by atoms with E-state index in [1.54, 1.807) is 0 Å². The molecule has 0 amide bonds. The molecule has 4 fully saturated rings. The molecule has 0 spiro atoms. The molecule has 0 radical (unpaired) electrons. The Morgan fingerprint density at radius 1 is 0.900 bits per heavy atom. The normalized spacial score (nSPS) is 45.6. The van der Waals surface area contributed by atoms with Crippen LogP contribution in [0.25, 0.3) is 0 Å². The van der Waals surface area contributed by atoms with Gasteiger partial charge in [0.2, 0.25) is 0 Å². The highest BCUT2D eigenvalue weighted by atomic mass is 16.1. The Hall–Kier alpha value is -0.330. The second-order valence-corrected chi connectivity index (χ2v) is 13.1. The number of fused-ring (bicyclic) bond motifs is 5. The number of hydrogen-bond acceptors (Lipinski definition) is 1. The number of ketones is 1. The van der Waals surface area contributed by atoms with Crippen LogP contribution in [-0.4, -0.2) is 5.78 Å². The van der Waals surface area contributed by atoms with E-state index in [1.807, 2.05) is 0 Å². The van der Waals surface area contributed by atoms with Gasteiger partial charge in [0.25, 0.3) is 0 Å². The minimum absolute atomic E-state index is 0.466. The zero-order chi connectivity index (χ0) is 21.7. The predicted molar refractivity (Wildman–Crippen MR) is 127 cm³/mol. The summed E-state index contributed by atoms with van der Waals surface area (Å²) in [6.45, 7) is 15.1. The molecule has 0 aromatic rings. The first-order valence-electron chi connectivity index (χ1n) is 13.7. The van der Waals surface area contributed by atoms with Crippen molar-refractivity contribution in [1.29, 1.82) is 0 Å². The first kappa shape index (κ1) is 22.8. The molecule has 0 aromatic carbocycles. The average molecular weight is 415 g/mol. The lowest BCUT2D eigenvalue weighted by Gasteiger charge is -2.60. The summed E-state index contributed by atoms with van der Waals surface area (Å²) in [5, 5.41) is 0. The van der Waals surface area contributed by atoms with Gasteiger partial charge in [-0.25, -0.2) is 0 Å². The Labute approximate surface area is 187 Å². The molecule has 0 aromatic heterocycles. The lowest BCUT2D eigenvalue weighted by atomic mass is 9.44. The third kappa shape index (κ3) is 3.73. The van der Waals surface area contributed by atoms with Crippen molar-refractivity contribution in [2.75, 3.05) is 0 Å². The van der Waals surface area contributed by atoms with Crippen LogP contribution in [0.2, 0.25) is 0 Å². The second kappa shape index (κ2) is 8.55. The van der Waals surface area contributed by atoms with E-state index >= 15 is 0 Å². The van der Waals surface area contributed by atoms with Crippen LogP contribution < -0.4 is 0 Å². The van der Waals surface area contributed by atoms with E-state index < -0.39 is 0 Å². The van der Waals surface area contributed by atoms with Gasteiger partial charge >= 0.3 is 0 Å². The molecule has 30 heavy (non-hydrogen) atoms. The summed E-state index contributed by atoms with van der Waals surface area (Å²) < 4.78 is 0. The van der Waals surface area contributed by atoms with Gasteiger partial charge in [0.15, 0.2) is 0 Å². The van der Waals surface area contributed by atoms with Crippen molar-refractivity contribution < 1.29 is 4.79 Å². The topological polar surface area (TPSA) is 17.1 Å². The van der Waals surface area contributed by atoms with Crippen molar-refractivity contribution in [1.82, 2.24) is 0 Å². The van der Waals surface area contributed by atoms with Crippen molar-refractivity contribution in [3.8, 4) is 0 Å². The number of hydrogen-bond donors (Lipinski definition) is 0. The summed E-state index contributed by atoms with van der Waals surface area (Å²) in [6, 6.07) is 0. The van der Waals surface area contributed by atoms with Crippen LogP contribution in [0.5, 0.6) is 0 Å². The highest BCUT2D eigenvalue weighted by Gasteiger charge is 2.60. The molecule has 0 N–H and O–H groups in total. The number of Topliss-reactive ketones (excluding diaryl/α,β-unsaturated/α-hetero) is 1. The molecule has 0 heterocycles. The van der Waals surface area contributed by atoms with Crippen molar-refractivity contribution >= 4 is 5.78 Å². The standard InChI is InChI=1S/C29H50O/c1-7-21(19(2)3)9-8-20(4)25-12-13-26-24-11-10-22-18-23(30)14-16-28(22,5)27(24)15-17-29(25,26)6/h19-22,24-27H,7-18H2,1-6H3/t20-,21-,22+,24?,25-,26?,27?,28+,29-/m1/s1. The van der Waals surface area contributed by atoms with Gasteiger partial charge in [-0.15, -0.1) is 0 Å². The molecular weight excluding hydrogens is 364 g/mol. The Kier molecular flexibility index (Phi) is 6.51. The lowest BCUT2D eigenvalue weighted by molar-refractivity contribution is -0.140. The van der Waals surface area contributed by atoms with Crippen LogP contribution in [0.4, 0.5) is 0 Å². The van der Waals surface area contributed by atoms with Gasteiger partial charge in [-0.3, -0.25) is 4.79 Å². The fourth-order valence-electron chi connectivity index (χ4n) is 9.71. The SMILES string of the molecule is CC[C@H](CC[C@@H](C)[C@H]1CCC2C3CC[C@H]4CC(=O)CC[C@]4(C)C3CC[C@@]21C)C(C)C. The summed E-state index contributed by atoms with van der Waals surface area (Å²) in [7, 11) is 0. The molecule has 0 saturated heterocycles. The van der Waals surface area contributed by atoms with Crippen LogP contribution in [0.1, 0.15) is 119 Å².